The fraction of sp³-hybridized carbons (Fsp3) is 0.333. The van der Waals surface area contributed by atoms with E-state index in [0.29, 0.717) is 33.1 Å². The SMILES string of the molecule is CCC(Oc1cc2sc(=O)n(CCC(=O)O)c2cc1Cl)c1ccc(C)nn1. The number of hydrogen-bond acceptors (Lipinski definition) is 6. The molecule has 0 spiro atoms. The minimum absolute atomic E-state index is 0.0985. The molecule has 0 aliphatic heterocycles. The molecule has 142 valence electrons. The Morgan fingerprint density at radius 3 is 2.78 bits per heavy atom. The third-order valence-corrected chi connectivity index (χ3v) is 5.30. The third-order valence-electron chi connectivity index (χ3n) is 4.06. The van der Waals surface area contributed by atoms with Gasteiger partial charge in [-0.3, -0.25) is 14.2 Å². The smallest absolute Gasteiger partial charge is 0.308 e. The number of aromatic nitrogens is 3. The first kappa shape index (κ1) is 19.3. The molecule has 1 atom stereocenters. The number of fused-ring (bicyclic) bond motifs is 1. The van der Waals surface area contributed by atoms with Gasteiger partial charge >= 0.3 is 10.8 Å². The van der Waals surface area contributed by atoms with Crippen LogP contribution in [0.2, 0.25) is 5.02 Å². The average molecular weight is 408 g/mol. The summed E-state index contributed by atoms with van der Waals surface area (Å²) in [5, 5.41) is 17.4. The topological polar surface area (TPSA) is 94.3 Å². The first-order chi connectivity index (χ1) is 12.9. The minimum atomic E-state index is -0.961. The molecule has 0 aliphatic rings. The summed E-state index contributed by atoms with van der Waals surface area (Å²) in [6.07, 6.45) is 0.215. The minimum Gasteiger partial charge on any atom is -0.482 e. The van der Waals surface area contributed by atoms with E-state index < -0.39 is 5.97 Å². The predicted octanol–water partition coefficient (Wildman–Crippen LogP) is 3.82. The molecule has 0 bridgehead atoms. The van der Waals surface area contributed by atoms with Crippen molar-refractivity contribution in [1.29, 1.82) is 0 Å². The number of aryl methyl sites for hydroxylation is 2. The van der Waals surface area contributed by atoms with Crippen LogP contribution >= 0.6 is 22.9 Å². The van der Waals surface area contributed by atoms with Crippen molar-refractivity contribution in [2.75, 3.05) is 0 Å². The second kappa shape index (κ2) is 8.06. The molecule has 0 aliphatic carbocycles. The van der Waals surface area contributed by atoms with Crippen molar-refractivity contribution in [3.8, 4) is 5.75 Å². The molecule has 0 saturated heterocycles. The van der Waals surface area contributed by atoms with Crippen LogP contribution in [0.3, 0.4) is 0 Å². The molecular weight excluding hydrogens is 390 g/mol. The number of nitrogens with zero attached hydrogens (tertiary/aromatic N) is 3. The Labute approximate surface area is 164 Å². The molecule has 0 amide bonds. The van der Waals surface area contributed by atoms with Crippen molar-refractivity contribution in [3.05, 3.63) is 50.3 Å². The molecule has 3 aromatic rings. The Morgan fingerprint density at radius 2 is 2.15 bits per heavy atom. The molecule has 0 fully saturated rings. The summed E-state index contributed by atoms with van der Waals surface area (Å²) in [7, 11) is 0. The molecule has 0 saturated carbocycles. The Kier molecular flexibility index (Phi) is 5.76. The van der Waals surface area contributed by atoms with Crippen LogP contribution in [0.5, 0.6) is 5.75 Å². The standard InChI is InChI=1S/C18H18ClN3O4S/c1-3-14(12-5-4-10(2)20-21-12)26-15-9-16-13(8-11(15)19)22(18(25)27-16)7-6-17(23)24/h4-5,8-9,14H,3,6-7H2,1-2H3,(H,23,24). The van der Waals surface area contributed by atoms with Crippen LogP contribution in [0.15, 0.2) is 29.1 Å². The van der Waals surface area contributed by atoms with E-state index in [0.717, 1.165) is 17.0 Å². The van der Waals surface area contributed by atoms with Crippen LogP contribution in [-0.2, 0) is 11.3 Å². The summed E-state index contributed by atoms with van der Waals surface area (Å²) in [4.78, 5) is 22.8. The molecule has 7 nitrogen and oxygen atoms in total. The van der Waals surface area contributed by atoms with Crippen LogP contribution < -0.4 is 9.61 Å². The first-order valence-corrected chi connectivity index (χ1v) is 9.60. The number of halogens is 1. The monoisotopic (exact) mass is 407 g/mol. The zero-order valence-corrected chi connectivity index (χ0v) is 16.4. The molecule has 2 aromatic heterocycles. The van der Waals surface area contributed by atoms with Crippen molar-refractivity contribution in [2.45, 2.75) is 39.3 Å². The van der Waals surface area contributed by atoms with Crippen LogP contribution in [0, 0.1) is 6.92 Å². The average Bonchev–Trinajstić information content (AvgIpc) is 2.93. The highest BCUT2D eigenvalue weighted by Crippen LogP contribution is 2.35. The molecule has 3 rings (SSSR count). The number of carboxylic acids is 1. The van der Waals surface area contributed by atoms with Gasteiger partial charge < -0.3 is 9.84 Å². The lowest BCUT2D eigenvalue weighted by atomic mass is 10.2. The third kappa shape index (κ3) is 4.28. The van der Waals surface area contributed by atoms with Gasteiger partial charge in [0.25, 0.3) is 0 Å². The normalized spacial score (nSPS) is 12.3. The van der Waals surface area contributed by atoms with Gasteiger partial charge in [-0.1, -0.05) is 29.9 Å². The second-order valence-corrected chi connectivity index (χ2v) is 7.43. The maximum atomic E-state index is 12.2. The van der Waals surface area contributed by atoms with Crippen LogP contribution in [-0.4, -0.2) is 25.8 Å². The van der Waals surface area contributed by atoms with Gasteiger partial charge in [-0.2, -0.15) is 10.2 Å². The lowest BCUT2D eigenvalue weighted by molar-refractivity contribution is -0.137. The van der Waals surface area contributed by atoms with Crippen LogP contribution in [0.4, 0.5) is 0 Å². The molecular formula is C18H18ClN3O4S. The Hall–Kier alpha value is -2.45. The van der Waals surface area contributed by atoms with E-state index in [1.54, 1.807) is 12.1 Å². The molecule has 27 heavy (non-hydrogen) atoms. The van der Waals surface area contributed by atoms with E-state index in [2.05, 4.69) is 10.2 Å². The fourth-order valence-corrected chi connectivity index (χ4v) is 3.79. The highest BCUT2D eigenvalue weighted by atomic mass is 35.5. The number of thiazole rings is 1. The number of benzene rings is 1. The zero-order valence-electron chi connectivity index (χ0n) is 14.8. The van der Waals surface area contributed by atoms with Crippen molar-refractivity contribution in [3.63, 3.8) is 0 Å². The zero-order chi connectivity index (χ0) is 19.6. The number of hydrogen-bond donors (Lipinski definition) is 1. The maximum absolute atomic E-state index is 12.2. The largest absolute Gasteiger partial charge is 0.482 e. The fourth-order valence-electron chi connectivity index (χ4n) is 2.66. The summed E-state index contributed by atoms with van der Waals surface area (Å²) in [6.45, 7) is 3.93. The highest BCUT2D eigenvalue weighted by Gasteiger charge is 2.18. The van der Waals surface area contributed by atoms with Gasteiger partial charge in [0.05, 0.1) is 27.4 Å². The molecule has 1 N–H and O–H groups in total. The molecule has 1 aromatic carbocycles. The van der Waals surface area contributed by atoms with Crippen LogP contribution in [0.1, 0.15) is 37.3 Å². The Morgan fingerprint density at radius 1 is 1.37 bits per heavy atom. The van der Waals surface area contributed by atoms with Gasteiger partial charge in [0, 0.05) is 12.6 Å². The number of ether oxygens (including phenoxy) is 1. The van der Waals surface area contributed by atoms with Crippen molar-refractivity contribution < 1.29 is 14.6 Å². The van der Waals surface area contributed by atoms with E-state index in [4.69, 9.17) is 21.4 Å². The molecule has 2 heterocycles. The second-order valence-electron chi connectivity index (χ2n) is 6.03. The number of rotatable bonds is 7. The lowest BCUT2D eigenvalue weighted by Gasteiger charge is -2.18. The van der Waals surface area contributed by atoms with Crippen molar-refractivity contribution >= 4 is 39.1 Å². The quantitative estimate of drug-likeness (QED) is 0.639. The number of aliphatic carboxylic acids is 1. The van der Waals surface area contributed by atoms with Gasteiger partial charge in [-0.15, -0.1) is 0 Å². The molecule has 0 radical (unpaired) electrons. The van der Waals surface area contributed by atoms with Crippen LogP contribution in [0.25, 0.3) is 10.2 Å². The summed E-state index contributed by atoms with van der Waals surface area (Å²) in [6, 6.07) is 7.09. The van der Waals surface area contributed by atoms with Gasteiger partial charge in [-0.05, 0) is 31.5 Å². The van der Waals surface area contributed by atoms with Gasteiger partial charge in [0.15, 0.2) is 0 Å². The number of carboxylic acid groups (broad SMARTS) is 1. The summed E-state index contributed by atoms with van der Waals surface area (Å²) in [5.74, 6) is -0.512. The summed E-state index contributed by atoms with van der Waals surface area (Å²) < 4.78 is 8.16. The van der Waals surface area contributed by atoms with E-state index in [-0.39, 0.29) is 23.9 Å². The van der Waals surface area contributed by atoms with Gasteiger partial charge in [-0.25, -0.2) is 0 Å². The van der Waals surface area contributed by atoms with E-state index >= 15 is 0 Å². The summed E-state index contributed by atoms with van der Waals surface area (Å²) in [5.41, 5.74) is 2.12. The van der Waals surface area contributed by atoms with E-state index in [1.807, 2.05) is 26.0 Å². The van der Waals surface area contributed by atoms with E-state index in [1.165, 1.54) is 4.57 Å². The van der Waals surface area contributed by atoms with Gasteiger partial charge in [0.2, 0.25) is 0 Å². The van der Waals surface area contributed by atoms with E-state index in [9.17, 15) is 9.59 Å². The highest BCUT2D eigenvalue weighted by molar-refractivity contribution is 7.16. The van der Waals surface area contributed by atoms with Crippen molar-refractivity contribution in [2.24, 2.45) is 0 Å². The Bertz CT molecular complexity index is 1030. The maximum Gasteiger partial charge on any atom is 0.308 e. The molecule has 9 heteroatoms. The predicted molar refractivity (Wildman–Crippen MR) is 104 cm³/mol. The van der Waals surface area contributed by atoms with Crippen molar-refractivity contribution in [1.82, 2.24) is 14.8 Å². The molecule has 1 unspecified atom stereocenters. The lowest BCUT2D eigenvalue weighted by Crippen LogP contribution is -2.15. The Balaban J connectivity index is 1.93. The van der Waals surface area contributed by atoms with Gasteiger partial charge in [0.1, 0.15) is 17.5 Å². The number of carbonyl (C=O) groups is 1. The first-order valence-electron chi connectivity index (χ1n) is 8.40. The summed E-state index contributed by atoms with van der Waals surface area (Å²) >= 11 is 7.41.